The van der Waals surface area contributed by atoms with Gasteiger partial charge in [0.15, 0.2) is 12.6 Å². The number of ether oxygens (including phenoxy) is 1. The van der Waals surface area contributed by atoms with Gasteiger partial charge in [-0.25, -0.2) is 0 Å². The van der Waals surface area contributed by atoms with E-state index in [9.17, 15) is 4.79 Å². The van der Waals surface area contributed by atoms with Gasteiger partial charge in [0.25, 0.3) is 5.91 Å². The van der Waals surface area contributed by atoms with E-state index < -0.39 is 0 Å². The molecule has 2 heterocycles. The third kappa shape index (κ3) is 6.15. The van der Waals surface area contributed by atoms with E-state index in [-0.39, 0.29) is 36.5 Å². The molecule has 0 aliphatic carbocycles. The van der Waals surface area contributed by atoms with Crippen LogP contribution in [0.1, 0.15) is 13.3 Å². The molecule has 0 saturated heterocycles. The standard InChI is InChI=1S/C20H27N5O2.HI/c1-2-21-20(23-11-15-24-12-5-6-13-24)22-10-7-14-25-17-8-3-4-9-18(17)27-16-19(25)26;/h3-6,8-9,12-13H,2,7,10-11,14-16H2,1H3,(H2,21,22,23);1H. The van der Waals surface area contributed by atoms with Gasteiger partial charge in [-0.15, -0.1) is 24.0 Å². The van der Waals surface area contributed by atoms with Gasteiger partial charge in [-0.05, 0) is 37.6 Å². The first kappa shape index (κ1) is 22.1. The summed E-state index contributed by atoms with van der Waals surface area (Å²) < 4.78 is 7.60. The molecule has 0 fully saturated rings. The summed E-state index contributed by atoms with van der Waals surface area (Å²) in [5, 5.41) is 6.59. The van der Waals surface area contributed by atoms with Crippen LogP contribution < -0.4 is 20.3 Å². The van der Waals surface area contributed by atoms with Gasteiger partial charge in [0.05, 0.1) is 5.69 Å². The SMILES string of the molecule is CCNC(=NCCCN1C(=O)COc2ccccc21)NCCn1cccc1.I. The van der Waals surface area contributed by atoms with Crippen LogP contribution in [0, 0.1) is 0 Å². The molecule has 0 bridgehead atoms. The van der Waals surface area contributed by atoms with Crippen molar-refractivity contribution >= 4 is 41.5 Å². The van der Waals surface area contributed by atoms with E-state index >= 15 is 0 Å². The highest BCUT2D eigenvalue weighted by molar-refractivity contribution is 14.0. The van der Waals surface area contributed by atoms with Crippen LogP contribution in [-0.2, 0) is 11.3 Å². The first-order valence-corrected chi connectivity index (χ1v) is 9.43. The highest BCUT2D eigenvalue weighted by atomic mass is 127. The van der Waals surface area contributed by atoms with Crippen LogP contribution in [0.4, 0.5) is 5.69 Å². The lowest BCUT2D eigenvalue weighted by Gasteiger charge is -2.29. The Kier molecular flexibility index (Phi) is 9.12. The molecular weight excluding hydrogens is 469 g/mol. The second-order valence-electron chi connectivity index (χ2n) is 6.26. The van der Waals surface area contributed by atoms with E-state index in [0.717, 1.165) is 43.5 Å². The quantitative estimate of drug-likeness (QED) is 0.255. The number of carbonyl (C=O) groups is 1. The highest BCUT2D eigenvalue weighted by Gasteiger charge is 2.24. The first-order chi connectivity index (χ1) is 13.3. The van der Waals surface area contributed by atoms with Crippen LogP contribution in [0.2, 0.25) is 0 Å². The Hall–Kier alpha value is -2.23. The maximum atomic E-state index is 12.2. The molecule has 1 aliphatic rings. The van der Waals surface area contributed by atoms with Crippen molar-refractivity contribution in [2.75, 3.05) is 37.7 Å². The summed E-state index contributed by atoms with van der Waals surface area (Å²) in [6.45, 7) is 5.92. The van der Waals surface area contributed by atoms with E-state index in [1.807, 2.05) is 55.7 Å². The van der Waals surface area contributed by atoms with Crippen molar-refractivity contribution < 1.29 is 9.53 Å². The summed E-state index contributed by atoms with van der Waals surface area (Å²) in [4.78, 5) is 18.6. The number of fused-ring (bicyclic) bond motifs is 1. The zero-order valence-electron chi connectivity index (χ0n) is 16.1. The molecule has 152 valence electrons. The molecule has 2 N–H and O–H groups in total. The van der Waals surface area contributed by atoms with Gasteiger partial charge >= 0.3 is 0 Å². The molecule has 7 nitrogen and oxygen atoms in total. The highest BCUT2D eigenvalue weighted by Crippen LogP contribution is 2.31. The third-order valence-corrected chi connectivity index (χ3v) is 4.29. The topological polar surface area (TPSA) is 70.9 Å². The number of nitrogens with one attached hydrogen (secondary N) is 2. The van der Waals surface area contributed by atoms with Crippen LogP contribution in [-0.4, -0.2) is 49.2 Å². The van der Waals surface area contributed by atoms with Gasteiger partial charge in [0.2, 0.25) is 0 Å². The molecule has 28 heavy (non-hydrogen) atoms. The molecule has 0 spiro atoms. The number of hydrogen-bond donors (Lipinski definition) is 2. The minimum absolute atomic E-state index is 0. The fourth-order valence-corrected chi connectivity index (χ4v) is 2.98. The lowest BCUT2D eigenvalue weighted by molar-refractivity contribution is -0.121. The molecule has 0 saturated carbocycles. The van der Waals surface area contributed by atoms with Crippen molar-refractivity contribution in [1.29, 1.82) is 0 Å². The molecule has 1 amide bonds. The number of carbonyl (C=O) groups excluding carboxylic acids is 1. The molecule has 0 atom stereocenters. The summed E-state index contributed by atoms with van der Waals surface area (Å²) in [6.07, 6.45) is 4.88. The van der Waals surface area contributed by atoms with Crippen molar-refractivity contribution in [1.82, 2.24) is 15.2 Å². The van der Waals surface area contributed by atoms with Crippen molar-refractivity contribution in [2.24, 2.45) is 4.99 Å². The lowest BCUT2D eigenvalue weighted by atomic mass is 10.2. The van der Waals surface area contributed by atoms with Gasteiger partial charge in [0, 0.05) is 45.1 Å². The predicted molar refractivity (Wildman–Crippen MR) is 123 cm³/mol. The molecular formula is C20H28IN5O2. The van der Waals surface area contributed by atoms with Gasteiger partial charge < -0.3 is 24.8 Å². The van der Waals surface area contributed by atoms with E-state index in [1.54, 1.807) is 4.90 Å². The Morgan fingerprint density at radius 1 is 1.14 bits per heavy atom. The van der Waals surface area contributed by atoms with Crippen LogP contribution >= 0.6 is 24.0 Å². The number of benzene rings is 1. The minimum atomic E-state index is -0.00515. The van der Waals surface area contributed by atoms with Crippen molar-refractivity contribution in [2.45, 2.75) is 19.9 Å². The Labute approximate surface area is 183 Å². The number of hydrogen-bond acceptors (Lipinski definition) is 3. The second kappa shape index (κ2) is 11.6. The predicted octanol–water partition coefficient (Wildman–Crippen LogP) is 2.48. The van der Waals surface area contributed by atoms with Crippen molar-refractivity contribution in [3.8, 4) is 5.75 Å². The Bertz CT molecular complexity index is 764. The van der Waals surface area contributed by atoms with E-state index in [1.165, 1.54) is 0 Å². The van der Waals surface area contributed by atoms with Gasteiger partial charge in [0.1, 0.15) is 5.75 Å². The van der Waals surface area contributed by atoms with Crippen molar-refractivity contribution in [3.05, 3.63) is 48.8 Å². The number of anilines is 1. The first-order valence-electron chi connectivity index (χ1n) is 9.43. The number of rotatable bonds is 8. The Morgan fingerprint density at radius 2 is 1.93 bits per heavy atom. The molecule has 1 aromatic heterocycles. The van der Waals surface area contributed by atoms with Gasteiger partial charge in [-0.1, -0.05) is 12.1 Å². The number of nitrogens with zero attached hydrogens (tertiary/aromatic N) is 3. The van der Waals surface area contributed by atoms with E-state index in [0.29, 0.717) is 13.1 Å². The number of para-hydroxylation sites is 2. The molecule has 1 aliphatic heterocycles. The number of guanidine groups is 1. The van der Waals surface area contributed by atoms with Crippen LogP contribution in [0.5, 0.6) is 5.75 Å². The Morgan fingerprint density at radius 3 is 2.71 bits per heavy atom. The van der Waals surface area contributed by atoms with Crippen LogP contribution in [0.25, 0.3) is 0 Å². The summed E-state index contributed by atoms with van der Waals surface area (Å²) in [5.41, 5.74) is 0.842. The monoisotopic (exact) mass is 497 g/mol. The number of halogens is 1. The number of aliphatic imine (C=N–C) groups is 1. The average molecular weight is 497 g/mol. The van der Waals surface area contributed by atoms with Crippen LogP contribution in [0.3, 0.4) is 0 Å². The van der Waals surface area contributed by atoms with Crippen LogP contribution in [0.15, 0.2) is 53.8 Å². The Balaban J connectivity index is 0.00000280. The summed E-state index contributed by atoms with van der Waals surface area (Å²) in [6, 6.07) is 11.7. The largest absolute Gasteiger partial charge is 0.482 e. The third-order valence-electron chi connectivity index (χ3n) is 4.29. The summed E-state index contributed by atoms with van der Waals surface area (Å²) >= 11 is 0. The smallest absolute Gasteiger partial charge is 0.265 e. The molecule has 3 rings (SSSR count). The maximum absolute atomic E-state index is 12.2. The zero-order chi connectivity index (χ0) is 18.9. The lowest BCUT2D eigenvalue weighted by Crippen LogP contribution is -2.40. The molecule has 8 heteroatoms. The molecule has 1 aromatic carbocycles. The van der Waals surface area contributed by atoms with E-state index in [2.05, 4.69) is 20.2 Å². The molecule has 0 radical (unpaired) electrons. The normalized spacial score (nSPS) is 13.4. The average Bonchev–Trinajstić information content (AvgIpc) is 3.20. The second-order valence-corrected chi connectivity index (χ2v) is 6.26. The maximum Gasteiger partial charge on any atom is 0.265 e. The molecule has 2 aromatic rings. The number of aromatic nitrogens is 1. The zero-order valence-corrected chi connectivity index (χ0v) is 18.5. The van der Waals surface area contributed by atoms with Gasteiger partial charge in [-0.3, -0.25) is 9.79 Å². The van der Waals surface area contributed by atoms with Gasteiger partial charge in [-0.2, -0.15) is 0 Å². The number of amides is 1. The van der Waals surface area contributed by atoms with E-state index in [4.69, 9.17) is 4.74 Å². The minimum Gasteiger partial charge on any atom is -0.482 e. The fraction of sp³-hybridized carbons (Fsp3) is 0.400. The summed E-state index contributed by atoms with van der Waals surface area (Å²) in [5.74, 6) is 1.56. The van der Waals surface area contributed by atoms with Crippen molar-refractivity contribution in [3.63, 3.8) is 0 Å². The molecule has 0 unspecified atom stereocenters. The summed E-state index contributed by atoms with van der Waals surface area (Å²) in [7, 11) is 0. The fourth-order valence-electron chi connectivity index (χ4n) is 2.98.